The summed E-state index contributed by atoms with van der Waals surface area (Å²) in [7, 11) is 6.11. The van der Waals surface area contributed by atoms with Crippen LogP contribution in [0.5, 0.6) is 23.4 Å². The second-order valence-electron chi connectivity index (χ2n) is 14.0. The fourth-order valence-electron chi connectivity index (χ4n) is 6.86. The Morgan fingerprint density at radius 2 is 1.05 bits per heavy atom. The molecule has 58 heavy (non-hydrogen) atoms. The first-order valence-electron chi connectivity index (χ1n) is 18.8. The molecule has 0 fully saturated rings. The average Bonchev–Trinajstić information content (AvgIpc) is 3.23. The standard InChI is InChI=1S/C24H26N2O4.C22H24N4O2/c1-15(11-17-9-7-6-8-10-17)18-12-16(2)21(28-3)13-19(18)22(27)20-14-25-24(30-5)26-23(20)29-4;1-13(9-15-7-5-4-6-8-15)16-10-14(2)19(28-3)11-17(16)20(27)18-12-25-22(24)26-21(18)23/h6-10,12-15H,11H2,1-5H3;4-8,10-13H,9H2,1-3H3,(H4,23,24,25,26). The summed E-state index contributed by atoms with van der Waals surface area (Å²) in [6.07, 6.45) is 4.42. The summed E-state index contributed by atoms with van der Waals surface area (Å²) >= 11 is 0. The van der Waals surface area contributed by atoms with Crippen LogP contribution in [-0.4, -0.2) is 59.9 Å². The van der Waals surface area contributed by atoms with Crippen molar-refractivity contribution in [2.24, 2.45) is 0 Å². The Bertz CT molecular complexity index is 2370. The molecule has 0 saturated carbocycles. The SMILES string of the molecule is COc1cc(C(=O)c2cnc(N)nc2N)c(C(C)Cc2ccccc2)cc1C.COc1ncc(C(=O)c2cc(OC)c(C)cc2C(C)Cc2ccccc2)c(OC)n1. The number of anilines is 2. The molecule has 2 atom stereocenters. The molecule has 4 aromatic carbocycles. The number of carbonyl (C=O) groups excluding carboxylic acids is 2. The highest BCUT2D eigenvalue weighted by atomic mass is 16.5. The molecule has 0 aliphatic heterocycles. The van der Waals surface area contributed by atoms with Crippen molar-refractivity contribution < 1.29 is 28.5 Å². The number of methoxy groups -OCH3 is 4. The zero-order chi connectivity index (χ0) is 41.9. The van der Waals surface area contributed by atoms with E-state index in [1.807, 2.05) is 62.4 Å². The molecule has 300 valence electrons. The Morgan fingerprint density at radius 1 is 0.586 bits per heavy atom. The Hall–Kier alpha value is -6.82. The van der Waals surface area contributed by atoms with Crippen molar-refractivity contribution in [3.05, 3.63) is 153 Å². The molecule has 0 saturated heterocycles. The van der Waals surface area contributed by atoms with E-state index in [0.717, 1.165) is 35.1 Å². The number of nitrogens with zero attached hydrogens (tertiary/aromatic N) is 4. The Labute approximate surface area is 339 Å². The largest absolute Gasteiger partial charge is 0.496 e. The van der Waals surface area contributed by atoms with Gasteiger partial charge in [0, 0.05) is 23.5 Å². The monoisotopic (exact) mass is 782 g/mol. The van der Waals surface area contributed by atoms with E-state index in [2.05, 4.69) is 58.0 Å². The van der Waals surface area contributed by atoms with Gasteiger partial charge in [-0.2, -0.15) is 9.97 Å². The van der Waals surface area contributed by atoms with Crippen LogP contribution in [0.25, 0.3) is 0 Å². The van der Waals surface area contributed by atoms with E-state index in [9.17, 15) is 9.59 Å². The van der Waals surface area contributed by atoms with E-state index >= 15 is 0 Å². The molecule has 0 amide bonds. The van der Waals surface area contributed by atoms with Crippen LogP contribution in [0.15, 0.2) is 97.3 Å². The zero-order valence-corrected chi connectivity index (χ0v) is 34.2. The quantitative estimate of drug-likeness (QED) is 0.102. The third-order valence-corrected chi connectivity index (χ3v) is 9.89. The summed E-state index contributed by atoms with van der Waals surface area (Å²) in [6, 6.07) is 28.1. The average molecular weight is 783 g/mol. The molecule has 0 spiro atoms. The molecule has 2 aromatic heterocycles. The Kier molecular flexibility index (Phi) is 14.1. The zero-order valence-electron chi connectivity index (χ0n) is 34.2. The van der Waals surface area contributed by atoms with Gasteiger partial charge in [0.05, 0.1) is 34.0 Å². The second kappa shape index (κ2) is 19.4. The van der Waals surface area contributed by atoms with E-state index in [1.165, 1.54) is 37.7 Å². The lowest BCUT2D eigenvalue weighted by Crippen LogP contribution is -2.14. The van der Waals surface area contributed by atoms with Crippen molar-refractivity contribution in [3.8, 4) is 23.4 Å². The molecule has 6 rings (SSSR count). The first-order valence-corrected chi connectivity index (χ1v) is 18.8. The fraction of sp³-hybridized carbons (Fsp3) is 0.261. The van der Waals surface area contributed by atoms with Crippen molar-refractivity contribution in [2.75, 3.05) is 39.9 Å². The molecule has 6 aromatic rings. The van der Waals surface area contributed by atoms with E-state index < -0.39 is 0 Å². The predicted molar refractivity (Wildman–Crippen MR) is 225 cm³/mol. The number of hydrogen-bond acceptors (Lipinski definition) is 12. The van der Waals surface area contributed by atoms with Gasteiger partial charge in [0.15, 0.2) is 11.6 Å². The van der Waals surface area contributed by atoms with Crippen LogP contribution in [0.1, 0.15) is 90.9 Å². The van der Waals surface area contributed by atoms with Crippen LogP contribution in [0.4, 0.5) is 11.8 Å². The number of aryl methyl sites for hydroxylation is 2. The van der Waals surface area contributed by atoms with Gasteiger partial charge in [-0.15, -0.1) is 0 Å². The van der Waals surface area contributed by atoms with E-state index in [4.69, 9.17) is 30.4 Å². The molecular formula is C46H50N6O6. The van der Waals surface area contributed by atoms with Gasteiger partial charge in [0.2, 0.25) is 11.8 Å². The number of rotatable bonds is 14. The summed E-state index contributed by atoms with van der Waals surface area (Å²) in [6.45, 7) is 8.16. The maximum Gasteiger partial charge on any atom is 0.319 e. The van der Waals surface area contributed by atoms with Gasteiger partial charge in [-0.05, 0) is 84.0 Å². The number of carbonyl (C=O) groups is 2. The van der Waals surface area contributed by atoms with Crippen molar-refractivity contribution in [1.29, 1.82) is 0 Å². The maximum atomic E-state index is 13.5. The lowest BCUT2D eigenvalue weighted by Gasteiger charge is -2.19. The molecule has 12 nitrogen and oxygen atoms in total. The van der Waals surface area contributed by atoms with Crippen LogP contribution in [-0.2, 0) is 12.8 Å². The number of benzene rings is 4. The molecule has 0 bridgehead atoms. The molecule has 2 unspecified atom stereocenters. The predicted octanol–water partition coefficient (Wildman–Crippen LogP) is 7.92. The van der Waals surface area contributed by atoms with Gasteiger partial charge >= 0.3 is 6.01 Å². The summed E-state index contributed by atoms with van der Waals surface area (Å²) in [5, 5.41) is 0. The highest BCUT2D eigenvalue weighted by Gasteiger charge is 2.25. The summed E-state index contributed by atoms with van der Waals surface area (Å²) < 4.78 is 21.3. The molecule has 0 aliphatic rings. The van der Waals surface area contributed by atoms with E-state index in [0.29, 0.717) is 22.6 Å². The number of nitrogens with two attached hydrogens (primary N) is 2. The molecule has 12 heteroatoms. The Balaban J connectivity index is 0.000000221. The lowest BCUT2D eigenvalue weighted by atomic mass is 9.86. The molecular weight excluding hydrogens is 733 g/mol. The third-order valence-electron chi connectivity index (χ3n) is 9.89. The van der Waals surface area contributed by atoms with Crippen LogP contribution in [0.2, 0.25) is 0 Å². The minimum Gasteiger partial charge on any atom is -0.496 e. The fourth-order valence-corrected chi connectivity index (χ4v) is 6.86. The van der Waals surface area contributed by atoms with Gasteiger partial charge < -0.3 is 30.4 Å². The lowest BCUT2D eigenvalue weighted by molar-refractivity contribution is 0.102. The number of nitrogen functional groups attached to an aromatic ring is 2. The Morgan fingerprint density at radius 3 is 1.48 bits per heavy atom. The molecule has 4 N–H and O–H groups in total. The van der Waals surface area contributed by atoms with E-state index in [1.54, 1.807) is 26.4 Å². The van der Waals surface area contributed by atoms with Crippen molar-refractivity contribution in [3.63, 3.8) is 0 Å². The highest BCUT2D eigenvalue weighted by Crippen LogP contribution is 2.34. The van der Waals surface area contributed by atoms with Gasteiger partial charge in [-0.25, -0.2) is 9.97 Å². The maximum absolute atomic E-state index is 13.5. The number of aromatic nitrogens is 4. The number of ketones is 2. The third kappa shape index (κ3) is 9.94. The van der Waals surface area contributed by atoms with Gasteiger partial charge in [-0.3, -0.25) is 9.59 Å². The van der Waals surface area contributed by atoms with Gasteiger partial charge in [-0.1, -0.05) is 86.6 Å². The molecule has 0 radical (unpaired) electrons. The first kappa shape index (κ1) is 42.3. The van der Waals surface area contributed by atoms with E-state index in [-0.39, 0.29) is 58.2 Å². The first-order chi connectivity index (χ1) is 27.9. The van der Waals surface area contributed by atoms with Gasteiger partial charge in [0.1, 0.15) is 22.9 Å². The number of hydrogen-bond donors (Lipinski definition) is 2. The minimum atomic E-state index is -0.245. The summed E-state index contributed by atoms with van der Waals surface area (Å²) in [5.74, 6) is 1.34. The van der Waals surface area contributed by atoms with Crippen molar-refractivity contribution in [2.45, 2.75) is 52.4 Å². The summed E-state index contributed by atoms with van der Waals surface area (Å²) in [4.78, 5) is 42.9. The second-order valence-corrected chi connectivity index (χ2v) is 14.0. The van der Waals surface area contributed by atoms with Crippen molar-refractivity contribution in [1.82, 2.24) is 19.9 Å². The normalized spacial score (nSPS) is 11.7. The summed E-state index contributed by atoms with van der Waals surface area (Å²) in [5.41, 5.74) is 19.3. The van der Waals surface area contributed by atoms with Crippen LogP contribution < -0.4 is 30.4 Å². The van der Waals surface area contributed by atoms with Crippen LogP contribution in [0, 0.1) is 13.8 Å². The van der Waals surface area contributed by atoms with Crippen LogP contribution >= 0.6 is 0 Å². The molecule has 2 heterocycles. The topological polar surface area (TPSA) is 175 Å². The van der Waals surface area contributed by atoms with Gasteiger partial charge in [0.25, 0.3) is 0 Å². The molecule has 0 aliphatic carbocycles. The highest BCUT2D eigenvalue weighted by molar-refractivity contribution is 6.13. The smallest absolute Gasteiger partial charge is 0.319 e. The van der Waals surface area contributed by atoms with Crippen LogP contribution in [0.3, 0.4) is 0 Å². The number of ether oxygens (including phenoxy) is 4. The van der Waals surface area contributed by atoms with Crippen molar-refractivity contribution >= 4 is 23.3 Å². The minimum absolute atomic E-state index is 0.0354.